The van der Waals surface area contributed by atoms with Gasteiger partial charge in [0.25, 0.3) is 0 Å². The lowest BCUT2D eigenvalue weighted by Crippen LogP contribution is -2.45. The molecule has 0 unspecified atom stereocenters. The van der Waals surface area contributed by atoms with Crippen LogP contribution in [0.5, 0.6) is 0 Å². The minimum atomic E-state index is 0.199. The Morgan fingerprint density at radius 2 is 1.88 bits per heavy atom. The Morgan fingerprint density at radius 3 is 2.56 bits per heavy atom. The van der Waals surface area contributed by atoms with E-state index in [1.54, 1.807) is 12.5 Å². The first-order valence-corrected chi connectivity index (χ1v) is 9.00. The topological polar surface area (TPSA) is 75.4 Å². The number of amides is 2. The molecule has 25 heavy (non-hydrogen) atoms. The molecule has 2 aliphatic heterocycles. The number of nitrogens with zero attached hydrogens (tertiary/aromatic N) is 5. The van der Waals surface area contributed by atoms with Crippen molar-refractivity contribution < 1.29 is 9.32 Å². The first-order valence-electron chi connectivity index (χ1n) is 9.00. The lowest BCUT2D eigenvalue weighted by atomic mass is 9.90. The summed E-state index contributed by atoms with van der Waals surface area (Å²) in [6, 6.07) is 2.11. The van der Waals surface area contributed by atoms with Crippen molar-refractivity contribution in [2.24, 2.45) is 0 Å². The van der Waals surface area contributed by atoms with Gasteiger partial charge in [-0.25, -0.2) is 14.8 Å². The summed E-state index contributed by atoms with van der Waals surface area (Å²) in [5, 5.41) is 3.97. The van der Waals surface area contributed by atoms with Crippen LogP contribution in [0.1, 0.15) is 43.0 Å². The molecule has 4 heterocycles. The number of carbonyl (C=O) groups excluding carboxylic acids is 1. The van der Waals surface area contributed by atoms with Crippen LogP contribution in [0.3, 0.4) is 0 Å². The Morgan fingerprint density at radius 1 is 1.16 bits per heavy atom. The fourth-order valence-electron chi connectivity index (χ4n) is 3.80. The third kappa shape index (κ3) is 3.23. The van der Waals surface area contributed by atoms with E-state index in [1.165, 1.54) is 0 Å². The summed E-state index contributed by atoms with van der Waals surface area (Å²) in [5.41, 5.74) is 2.75. The maximum absolute atomic E-state index is 12.5. The van der Waals surface area contributed by atoms with Crippen LogP contribution < -0.4 is 0 Å². The number of urea groups is 1. The Bertz CT molecular complexity index is 745. The number of carbonyl (C=O) groups is 1. The maximum atomic E-state index is 12.5. The molecule has 0 saturated carbocycles. The monoisotopic (exact) mass is 341 g/mol. The highest BCUT2D eigenvalue weighted by atomic mass is 16.5. The van der Waals surface area contributed by atoms with Crippen LogP contribution in [0.4, 0.5) is 4.79 Å². The second kappa shape index (κ2) is 6.82. The van der Waals surface area contributed by atoms with Crippen LogP contribution in [-0.4, -0.2) is 57.1 Å². The third-order valence-electron chi connectivity index (χ3n) is 5.17. The van der Waals surface area contributed by atoms with Crippen molar-refractivity contribution in [1.82, 2.24) is 24.9 Å². The van der Waals surface area contributed by atoms with Gasteiger partial charge >= 0.3 is 6.03 Å². The van der Waals surface area contributed by atoms with Gasteiger partial charge in [-0.05, 0) is 32.6 Å². The summed E-state index contributed by atoms with van der Waals surface area (Å²) in [6.45, 7) is 5.26. The van der Waals surface area contributed by atoms with Gasteiger partial charge < -0.3 is 14.3 Å². The van der Waals surface area contributed by atoms with E-state index in [-0.39, 0.29) is 6.03 Å². The molecule has 2 amide bonds. The van der Waals surface area contributed by atoms with Crippen LogP contribution in [0.15, 0.2) is 23.1 Å². The SMILES string of the molecule is Cc1cc(-c2cncnc2C2CCN(C(=O)N3CCCC3)CC2)on1. The molecule has 132 valence electrons. The van der Waals surface area contributed by atoms with Gasteiger partial charge in [-0.1, -0.05) is 5.16 Å². The quantitative estimate of drug-likeness (QED) is 0.839. The Labute approximate surface area is 147 Å². The van der Waals surface area contributed by atoms with E-state index < -0.39 is 0 Å². The van der Waals surface area contributed by atoms with Gasteiger partial charge in [0.15, 0.2) is 5.76 Å². The van der Waals surface area contributed by atoms with Crippen molar-refractivity contribution in [3.05, 3.63) is 30.0 Å². The van der Waals surface area contributed by atoms with Crippen molar-refractivity contribution in [3.63, 3.8) is 0 Å². The fraction of sp³-hybridized carbons (Fsp3) is 0.556. The highest BCUT2D eigenvalue weighted by Gasteiger charge is 2.30. The molecule has 0 radical (unpaired) electrons. The second-order valence-electron chi connectivity index (χ2n) is 6.89. The van der Waals surface area contributed by atoms with E-state index in [2.05, 4.69) is 15.1 Å². The molecule has 2 saturated heterocycles. The number of hydrogen-bond acceptors (Lipinski definition) is 5. The molecule has 2 aromatic heterocycles. The van der Waals surface area contributed by atoms with Crippen molar-refractivity contribution in [2.45, 2.75) is 38.5 Å². The molecular weight excluding hydrogens is 318 g/mol. The third-order valence-corrected chi connectivity index (χ3v) is 5.17. The molecule has 4 rings (SSSR count). The summed E-state index contributed by atoms with van der Waals surface area (Å²) in [7, 11) is 0. The van der Waals surface area contributed by atoms with E-state index in [4.69, 9.17) is 4.52 Å². The smallest absolute Gasteiger partial charge is 0.319 e. The predicted octanol–water partition coefficient (Wildman–Crippen LogP) is 2.84. The van der Waals surface area contributed by atoms with E-state index >= 15 is 0 Å². The Balaban J connectivity index is 1.47. The average molecular weight is 341 g/mol. The van der Waals surface area contributed by atoms with Crippen molar-refractivity contribution in [1.29, 1.82) is 0 Å². The first-order chi connectivity index (χ1) is 12.2. The van der Waals surface area contributed by atoms with Gasteiger partial charge in [-0.2, -0.15) is 0 Å². The molecule has 0 spiro atoms. The van der Waals surface area contributed by atoms with Crippen LogP contribution in [0.2, 0.25) is 0 Å². The molecule has 0 bridgehead atoms. The van der Waals surface area contributed by atoms with Crippen LogP contribution >= 0.6 is 0 Å². The van der Waals surface area contributed by atoms with Gasteiger partial charge in [-0.15, -0.1) is 0 Å². The lowest BCUT2D eigenvalue weighted by Gasteiger charge is -2.34. The highest BCUT2D eigenvalue weighted by Crippen LogP contribution is 2.34. The predicted molar refractivity (Wildman–Crippen MR) is 92.0 cm³/mol. The Kier molecular flexibility index (Phi) is 4.38. The molecular formula is C18H23N5O2. The number of likely N-dealkylation sites (tertiary alicyclic amines) is 2. The molecule has 7 nitrogen and oxygen atoms in total. The molecule has 0 N–H and O–H groups in total. The zero-order chi connectivity index (χ0) is 17.2. The summed E-state index contributed by atoms with van der Waals surface area (Å²) < 4.78 is 5.41. The van der Waals surface area contributed by atoms with E-state index in [9.17, 15) is 4.79 Å². The van der Waals surface area contributed by atoms with Crippen molar-refractivity contribution in [3.8, 4) is 11.3 Å². The van der Waals surface area contributed by atoms with E-state index in [0.29, 0.717) is 11.7 Å². The molecule has 0 atom stereocenters. The Hall–Kier alpha value is -2.44. The number of aryl methyl sites for hydroxylation is 1. The van der Waals surface area contributed by atoms with Gasteiger partial charge in [0.05, 0.1) is 17.0 Å². The van der Waals surface area contributed by atoms with Gasteiger partial charge in [0, 0.05) is 44.4 Å². The average Bonchev–Trinajstić information content (AvgIpc) is 3.33. The number of rotatable bonds is 2. The standard InChI is InChI=1S/C18H23N5O2/c1-13-10-16(25-21-13)15-11-19-12-20-17(15)14-4-8-23(9-5-14)18(24)22-6-2-3-7-22/h10-12,14H,2-9H2,1H3. The van der Waals surface area contributed by atoms with Gasteiger partial charge in [0.1, 0.15) is 6.33 Å². The molecule has 0 aliphatic carbocycles. The zero-order valence-corrected chi connectivity index (χ0v) is 14.5. The fourth-order valence-corrected chi connectivity index (χ4v) is 3.80. The van der Waals surface area contributed by atoms with Gasteiger partial charge in [-0.3, -0.25) is 0 Å². The molecule has 7 heteroatoms. The van der Waals surface area contributed by atoms with Crippen molar-refractivity contribution in [2.75, 3.05) is 26.2 Å². The van der Waals surface area contributed by atoms with E-state index in [0.717, 1.165) is 68.8 Å². The number of piperidine rings is 1. The summed E-state index contributed by atoms with van der Waals surface area (Å²) in [5.74, 6) is 1.02. The highest BCUT2D eigenvalue weighted by molar-refractivity contribution is 5.75. The van der Waals surface area contributed by atoms with Gasteiger partial charge in [0.2, 0.25) is 0 Å². The zero-order valence-electron chi connectivity index (χ0n) is 14.5. The van der Waals surface area contributed by atoms with Crippen molar-refractivity contribution >= 4 is 6.03 Å². The molecule has 2 aromatic rings. The first kappa shape index (κ1) is 16.1. The molecule has 0 aromatic carbocycles. The second-order valence-corrected chi connectivity index (χ2v) is 6.89. The van der Waals surface area contributed by atoms with Crippen LogP contribution in [-0.2, 0) is 0 Å². The largest absolute Gasteiger partial charge is 0.356 e. The van der Waals surface area contributed by atoms with E-state index in [1.807, 2.05) is 22.8 Å². The minimum Gasteiger partial charge on any atom is -0.356 e. The molecule has 2 fully saturated rings. The summed E-state index contributed by atoms with van der Waals surface area (Å²) in [4.78, 5) is 25.2. The lowest BCUT2D eigenvalue weighted by molar-refractivity contribution is 0.148. The minimum absolute atomic E-state index is 0.199. The summed E-state index contributed by atoms with van der Waals surface area (Å²) in [6.07, 6.45) is 7.47. The number of hydrogen-bond donors (Lipinski definition) is 0. The number of aromatic nitrogens is 3. The normalized spacial score (nSPS) is 18.8. The molecule has 2 aliphatic rings. The van der Waals surface area contributed by atoms with Crippen LogP contribution in [0.25, 0.3) is 11.3 Å². The maximum Gasteiger partial charge on any atom is 0.319 e. The van der Waals surface area contributed by atoms with Crippen LogP contribution in [0, 0.1) is 6.92 Å². The summed E-state index contributed by atoms with van der Waals surface area (Å²) >= 11 is 0.